The molecule has 1 aromatic carbocycles. The van der Waals surface area contributed by atoms with Gasteiger partial charge in [-0.05, 0) is 12.0 Å². The monoisotopic (exact) mass is 371 g/mol. The average molecular weight is 371 g/mol. The number of nitrogens with two attached hydrogens (primary N) is 1. The number of hydrogen-bond acceptors (Lipinski definition) is 3. The number of hydrogen-bond donors (Lipinski definition) is 2. The molecule has 1 aromatic rings. The fourth-order valence-electron chi connectivity index (χ4n) is 2.64. The molecular weight excluding hydrogens is 337 g/mol. The minimum absolute atomic E-state index is 0.385. The van der Waals surface area contributed by atoms with Crippen LogP contribution in [0.2, 0.25) is 0 Å². The molecule has 1 unspecified atom stereocenters. The topological polar surface area (TPSA) is 80.4 Å². The van der Waals surface area contributed by atoms with Gasteiger partial charge in [0.1, 0.15) is 6.04 Å². The van der Waals surface area contributed by atoms with E-state index in [4.69, 9.17) is 10.8 Å². The van der Waals surface area contributed by atoms with E-state index in [1.54, 1.807) is 0 Å². The number of carboxylic acid groups (broad SMARTS) is 1. The van der Waals surface area contributed by atoms with Crippen LogP contribution in [0, 0.1) is 0 Å². The molecule has 0 aliphatic carbocycles. The van der Waals surface area contributed by atoms with Crippen LogP contribution < -0.4 is 5.73 Å². The normalized spacial score (nSPS) is 11.4. The second-order valence-electron chi connectivity index (χ2n) is 6.91. The predicted octanol–water partition coefficient (Wildman–Crippen LogP) is 4.24. The summed E-state index contributed by atoms with van der Waals surface area (Å²) in [5, 5.41) is 8.52. The van der Waals surface area contributed by atoms with Crippen molar-refractivity contribution in [3.05, 3.63) is 35.9 Å². The largest absolute Gasteiger partial charge is 0.480 e. The average Bonchev–Trinajstić information content (AvgIpc) is 2.61. The van der Waals surface area contributed by atoms with Gasteiger partial charge in [-0.25, -0.2) is 0 Å². The molecule has 0 fully saturated rings. The summed E-state index contributed by atoms with van der Waals surface area (Å²) in [4.78, 5) is 21.1. The molecule has 142 valence electrons. The molecule has 0 aliphatic rings. The SMILES string of the molecule is CCCCCCCCCCC[C](=O)[Na].NC(Cc1ccccc1)C(=O)O. The second-order valence-corrected chi connectivity index (χ2v) is 8.03. The van der Waals surface area contributed by atoms with Gasteiger partial charge in [-0.1, -0.05) is 30.3 Å². The van der Waals surface area contributed by atoms with E-state index in [0.29, 0.717) is 9.45 Å². The molecule has 5 heteroatoms. The van der Waals surface area contributed by atoms with Crippen molar-refractivity contribution in [2.75, 3.05) is 0 Å². The first-order chi connectivity index (χ1) is 12.5. The molecule has 1 atom stereocenters. The van der Waals surface area contributed by atoms with Crippen LogP contribution in [0.25, 0.3) is 0 Å². The summed E-state index contributed by atoms with van der Waals surface area (Å²) in [6, 6.07) is 8.54. The Morgan fingerprint density at radius 1 is 0.962 bits per heavy atom. The van der Waals surface area contributed by atoms with Crippen molar-refractivity contribution in [1.29, 1.82) is 0 Å². The maximum atomic E-state index is 10.7. The molecule has 0 aromatic heterocycles. The van der Waals surface area contributed by atoms with E-state index in [0.717, 1.165) is 46.3 Å². The zero-order chi connectivity index (χ0) is 19.6. The van der Waals surface area contributed by atoms with Crippen LogP contribution in [0.5, 0.6) is 0 Å². The van der Waals surface area contributed by atoms with Gasteiger partial charge >= 0.3 is 113 Å². The molecule has 1 rings (SSSR count). The number of benzene rings is 1. The van der Waals surface area contributed by atoms with E-state index in [2.05, 4.69) is 6.92 Å². The van der Waals surface area contributed by atoms with Crippen molar-refractivity contribution in [2.45, 2.75) is 83.6 Å². The summed E-state index contributed by atoms with van der Waals surface area (Å²) in [6.45, 7) is 2.26. The standard InChI is InChI=1S/C12H23O.C9H11NO2.Na/c1-2-3-4-5-6-7-8-9-10-11-12-13;10-8(9(11)12)6-7-4-2-1-3-5-7;/h2-11H2,1H3;1-5,8H,6,10H2,(H,11,12);. The van der Waals surface area contributed by atoms with Crippen LogP contribution >= 0.6 is 0 Å². The summed E-state index contributed by atoms with van der Waals surface area (Å²) in [5.41, 5.74) is 6.30. The summed E-state index contributed by atoms with van der Waals surface area (Å²) in [5.74, 6) is -0.959. The fourth-order valence-corrected chi connectivity index (χ4v) is 2.99. The number of carbonyl (C=O) groups excluding carboxylic acids is 1. The van der Waals surface area contributed by atoms with E-state index in [1.165, 1.54) is 51.4 Å². The Morgan fingerprint density at radius 2 is 1.46 bits per heavy atom. The summed E-state index contributed by atoms with van der Waals surface area (Å²) < 4.78 is 0.480. The zero-order valence-electron chi connectivity index (χ0n) is 16.6. The molecule has 0 spiro atoms. The molecule has 0 bridgehead atoms. The van der Waals surface area contributed by atoms with E-state index >= 15 is 0 Å². The van der Waals surface area contributed by atoms with Crippen molar-refractivity contribution < 1.29 is 14.7 Å². The van der Waals surface area contributed by atoms with Crippen molar-refractivity contribution in [2.24, 2.45) is 5.73 Å². The predicted molar refractivity (Wildman–Crippen MR) is 108 cm³/mol. The molecule has 0 radical (unpaired) electrons. The number of aliphatic carboxylic acids is 1. The number of carbonyl (C=O) groups is 2. The molecule has 0 amide bonds. The van der Waals surface area contributed by atoms with Gasteiger partial charge in [0.15, 0.2) is 0 Å². The Hall–Kier alpha value is -0.680. The second kappa shape index (κ2) is 17.7. The van der Waals surface area contributed by atoms with Crippen molar-refractivity contribution in [1.82, 2.24) is 0 Å². The quantitative estimate of drug-likeness (QED) is 0.401. The van der Waals surface area contributed by atoms with Gasteiger partial charge < -0.3 is 10.8 Å². The van der Waals surface area contributed by atoms with Crippen LogP contribution in [0.3, 0.4) is 0 Å². The van der Waals surface area contributed by atoms with Crippen LogP contribution in [0.15, 0.2) is 30.3 Å². The molecule has 0 saturated heterocycles. The van der Waals surface area contributed by atoms with Gasteiger partial charge in [-0.2, -0.15) is 0 Å². The summed E-state index contributed by atoms with van der Waals surface area (Å²) in [7, 11) is 0. The molecule has 0 aliphatic heterocycles. The van der Waals surface area contributed by atoms with Gasteiger partial charge in [0.05, 0.1) is 0 Å². The van der Waals surface area contributed by atoms with Crippen LogP contribution in [0.4, 0.5) is 0 Å². The van der Waals surface area contributed by atoms with Crippen LogP contribution in [0.1, 0.15) is 76.7 Å². The van der Waals surface area contributed by atoms with Gasteiger partial charge in [0.25, 0.3) is 0 Å². The third kappa shape index (κ3) is 16.8. The van der Waals surface area contributed by atoms with Gasteiger partial charge in [-0.3, -0.25) is 4.79 Å². The fraction of sp³-hybridized carbons (Fsp3) is 0.619. The third-order valence-corrected chi connectivity index (χ3v) is 4.75. The Balaban J connectivity index is 0.000000485. The zero-order valence-corrected chi connectivity index (χ0v) is 18.6. The van der Waals surface area contributed by atoms with Crippen LogP contribution in [-0.2, 0) is 16.0 Å². The molecular formula is C21H34NNaO3. The van der Waals surface area contributed by atoms with Gasteiger partial charge in [0.2, 0.25) is 0 Å². The van der Waals surface area contributed by atoms with Gasteiger partial charge in [0, 0.05) is 0 Å². The minimum Gasteiger partial charge on any atom is -0.480 e. The van der Waals surface area contributed by atoms with Crippen LogP contribution in [-0.4, -0.2) is 48.1 Å². The molecule has 26 heavy (non-hydrogen) atoms. The van der Waals surface area contributed by atoms with E-state index in [9.17, 15) is 9.59 Å². The molecule has 0 heterocycles. The molecule has 0 saturated carbocycles. The first-order valence-electron chi connectivity index (χ1n) is 9.99. The number of carboxylic acids is 1. The minimum atomic E-state index is -0.959. The molecule has 3 N–H and O–H groups in total. The Morgan fingerprint density at radius 3 is 1.92 bits per heavy atom. The van der Waals surface area contributed by atoms with Crippen molar-refractivity contribution >= 4 is 36.9 Å². The molecule has 4 nitrogen and oxygen atoms in total. The van der Waals surface area contributed by atoms with Gasteiger partial charge in [-0.15, -0.1) is 0 Å². The number of rotatable bonds is 13. The summed E-state index contributed by atoms with van der Waals surface area (Å²) >= 11 is 0.751. The maximum Gasteiger partial charge on any atom is 0.320 e. The van der Waals surface area contributed by atoms with Crippen molar-refractivity contribution in [3.8, 4) is 0 Å². The van der Waals surface area contributed by atoms with E-state index < -0.39 is 12.0 Å². The Bertz CT molecular complexity index is 479. The van der Waals surface area contributed by atoms with Crippen molar-refractivity contribution in [3.63, 3.8) is 0 Å². The number of unbranched alkanes of at least 4 members (excludes halogenated alkanes) is 8. The van der Waals surface area contributed by atoms with E-state index in [1.807, 2.05) is 30.3 Å². The Labute approximate surface area is 176 Å². The first kappa shape index (κ1) is 25.3. The van der Waals surface area contributed by atoms with E-state index in [-0.39, 0.29) is 0 Å². The first-order valence-corrected chi connectivity index (χ1v) is 11.0. The summed E-state index contributed by atoms with van der Waals surface area (Å²) in [6.07, 6.45) is 13.3. The third-order valence-electron chi connectivity index (χ3n) is 4.25. The maximum absolute atomic E-state index is 10.7. The smallest absolute Gasteiger partial charge is 0.320 e. The Kier molecular flexibility index (Phi) is 17.3.